The van der Waals surface area contributed by atoms with Crippen molar-refractivity contribution < 1.29 is 9.90 Å². The van der Waals surface area contributed by atoms with Crippen LogP contribution in [0.5, 0.6) is 0 Å². The second-order valence-electron chi connectivity index (χ2n) is 5.62. The molecule has 1 saturated carbocycles. The Bertz CT molecular complexity index is 220. The topological polar surface area (TPSA) is 63.3 Å². The summed E-state index contributed by atoms with van der Waals surface area (Å²) in [4.78, 5) is 10.5. The molecule has 0 aromatic heterocycles. The van der Waals surface area contributed by atoms with Gasteiger partial charge < -0.3 is 10.8 Å². The third-order valence-corrected chi connectivity index (χ3v) is 3.91. The molecular weight excluding hydrogens is 202 g/mol. The van der Waals surface area contributed by atoms with Crippen molar-refractivity contribution >= 4 is 5.97 Å². The third-order valence-electron chi connectivity index (χ3n) is 3.91. The zero-order valence-corrected chi connectivity index (χ0v) is 10.5. The maximum atomic E-state index is 10.5. The number of hydrogen-bond acceptors (Lipinski definition) is 2. The normalized spacial score (nSPS) is 28.0. The number of nitrogens with two attached hydrogens (primary N) is 1. The summed E-state index contributed by atoms with van der Waals surface area (Å²) < 4.78 is 0. The summed E-state index contributed by atoms with van der Waals surface area (Å²) in [7, 11) is 0. The second-order valence-corrected chi connectivity index (χ2v) is 5.62. The van der Waals surface area contributed by atoms with Crippen LogP contribution in [0.25, 0.3) is 0 Å². The van der Waals surface area contributed by atoms with Crippen LogP contribution >= 0.6 is 0 Å². The van der Waals surface area contributed by atoms with Crippen LogP contribution in [0.3, 0.4) is 0 Å². The Labute approximate surface area is 98.4 Å². The molecule has 0 aromatic rings. The number of hydrogen-bond donors (Lipinski definition) is 2. The van der Waals surface area contributed by atoms with Crippen LogP contribution in [0.4, 0.5) is 0 Å². The summed E-state index contributed by atoms with van der Waals surface area (Å²) >= 11 is 0. The predicted molar refractivity (Wildman–Crippen MR) is 65.1 cm³/mol. The van der Waals surface area contributed by atoms with Crippen LogP contribution in [0.15, 0.2) is 0 Å². The van der Waals surface area contributed by atoms with Crippen molar-refractivity contribution in [3.8, 4) is 0 Å². The molecule has 3 N–H and O–H groups in total. The fourth-order valence-corrected chi connectivity index (χ4v) is 2.83. The van der Waals surface area contributed by atoms with Crippen LogP contribution < -0.4 is 5.73 Å². The lowest BCUT2D eigenvalue weighted by Gasteiger charge is -2.31. The summed E-state index contributed by atoms with van der Waals surface area (Å²) in [5, 5.41) is 8.65. The van der Waals surface area contributed by atoms with Gasteiger partial charge in [-0.3, -0.25) is 4.79 Å². The first-order valence-electron chi connectivity index (χ1n) is 6.46. The average Bonchev–Trinajstić information content (AvgIpc) is 2.16. The number of aliphatic carboxylic acids is 1. The van der Waals surface area contributed by atoms with Gasteiger partial charge in [0.1, 0.15) is 0 Å². The standard InChI is InChI=1S/C13H25NO2/c1-9(2)11-5-3-10(4-6-11)7-12(14)8-13(15)16/h9-12H,3-8,14H2,1-2H3,(H,15,16). The first kappa shape index (κ1) is 13.5. The van der Waals surface area contributed by atoms with Gasteiger partial charge in [0.25, 0.3) is 0 Å². The minimum Gasteiger partial charge on any atom is -0.481 e. The van der Waals surface area contributed by atoms with E-state index in [0.717, 1.165) is 18.3 Å². The molecule has 0 radical (unpaired) electrons. The molecule has 1 aliphatic rings. The van der Waals surface area contributed by atoms with Gasteiger partial charge in [-0.1, -0.05) is 26.7 Å². The van der Waals surface area contributed by atoms with Crippen molar-refractivity contribution in [2.45, 2.75) is 58.4 Å². The van der Waals surface area contributed by atoms with Gasteiger partial charge in [0.15, 0.2) is 0 Å². The zero-order valence-electron chi connectivity index (χ0n) is 10.5. The molecule has 1 rings (SSSR count). The van der Waals surface area contributed by atoms with Crippen LogP contribution in [0.1, 0.15) is 52.4 Å². The smallest absolute Gasteiger partial charge is 0.304 e. The molecule has 1 unspecified atom stereocenters. The van der Waals surface area contributed by atoms with Crippen molar-refractivity contribution in [1.29, 1.82) is 0 Å². The van der Waals surface area contributed by atoms with Gasteiger partial charge in [0.2, 0.25) is 0 Å². The minimum absolute atomic E-state index is 0.115. The fraction of sp³-hybridized carbons (Fsp3) is 0.923. The Morgan fingerprint density at radius 1 is 1.31 bits per heavy atom. The molecule has 0 amide bonds. The number of carboxylic acid groups (broad SMARTS) is 1. The quantitative estimate of drug-likeness (QED) is 0.759. The van der Waals surface area contributed by atoms with Crippen molar-refractivity contribution in [3.63, 3.8) is 0 Å². The van der Waals surface area contributed by atoms with Gasteiger partial charge in [0.05, 0.1) is 6.42 Å². The van der Waals surface area contributed by atoms with Gasteiger partial charge in [-0.25, -0.2) is 0 Å². The van der Waals surface area contributed by atoms with E-state index in [9.17, 15) is 4.79 Å². The van der Waals surface area contributed by atoms with Crippen molar-refractivity contribution in [3.05, 3.63) is 0 Å². The fourth-order valence-electron chi connectivity index (χ4n) is 2.83. The number of carboxylic acids is 1. The molecule has 0 heterocycles. The largest absolute Gasteiger partial charge is 0.481 e. The molecule has 0 spiro atoms. The van der Waals surface area contributed by atoms with Crippen LogP contribution in [-0.2, 0) is 4.79 Å². The Balaban J connectivity index is 2.24. The highest BCUT2D eigenvalue weighted by atomic mass is 16.4. The van der Waals surface area contributed by atoms with Gasteiger partial charge in [-0.15, -0.1) is 0 Å². The molecule has 0 aliphatic heterocycles. The molecular formula is C13H25NO2. The van der Waals surface area contributed by atoms with Crippen LogP contribution in [0, 0.1) is 17.8 Å². The highest BCUT2D eigenvalue weighted by Gasteiger charge is 2.24. The van der Waals surface area contributed by atoms with Crippen LogP contribution in [-0.4, -0.2) is 17.1 Å². The van der Waals surface area contributed by atoms with Gasteiger partial charge in [-0.2, -0.15) is 0 Å². The Morgan fingerprint density at radius 3 is 2.31 bits per heavy atom. The maximum Gasteiger partial charge on any atom is 0.304 e. The van der Waals surface area contributed by atoms with E-state index >= 15 is 0 Å². The van der Waals surface area contributed by atoms with E-state index in [1.165, 1.54) is 25.7 Å². The van der Waals surface area contributed by atoms with E-state index in [4.69, 9.17) is 10.8 Å². The Kier molecular flexibility index (Phi) is 5.26. The van der Waals surface area contributed by atoms with Crippen molar-refractivity contribution in [1.82, 2.24) is 0 Å². The highest BCUT2D eigenvalue weighted by Crippen LogP contribution is 2.35. The monoisotopic (exact) mass is 227 g/mol. The van der Waals surface area contributed by atoms with E-state index in [1.54, 1.807) is 0 Å². The zero-order chi connectivity index (χ0) is 12.1. The number of rotatable bonds is 5. The van der Waals surface area contributed by atoms with E-state index in [1.807, 2.05) is 0 Å². The SMILES string of the molecule is CC(C)C1CCC(CC(N)CC(=O)O)CC1. The highest BCUT2D eigenvalue weighted by molar-refractivity contribution is 5.67. The van der Waals surface area contributed by atoms with E-state index in [2.05, 4.69) is 13.8 Å². The molecule has 16 heavy (non-hydrogen) atoms. The molecule has 1 atom stereocenters. The molecule has 3 heteroatoms. The summed E-state index contributed by atoms with van der Waals surface area (Å²) in [6.45, 7) is 4.59. The first-order valence-corrected chi connectivity index (χ1v) is 6.46. The van der Waals surface area contributed by atoms with Crippen molar-refractivity contribution in [2.75, 3.05) is 0 Å². The summed E-state index contributed by atoms with van der Waals surface area (Å²) in [6.07, 6.45) is 6.05. The van der Waals surface area contributed by atoms with E-state index < -0.39 is 5.97 Å². The lowest BCUT2D eigenvalue weighted by molar-refractivity contribution is -0.137. The van der Waals surface area contributed by atoms with Crippen molar-refractivity contribution in [2.24, 2.45) is 23.5 Å². The molecule has 0 bridgehead atoms. The molecule has 94 valence electrons. The lowest BCUT2D eigenvalue weighted by Crippen LogP contribution is -2.29. The summed E-state index contributed by atoms with van der Waals surface area (Å²) in [5.74, 6) is 1.54. The molecule has 3 nitrogen and oxygen atoms in total. The summed E-state index contributed by atoms with van der Waals surface area (Å²) in [5.41, 5.74) is 5.82. The van der Waals surface area contributed by atoms with E-state index in [-0.39, 0.29) is 12.5 Å². The predicted octanol–water partition coefficient (Wildman–Crippen LogP) is 2.64. The van der Waals surface area contributed by atoms with Gasteiger partial charge in [0, 0.05) is 6.04 Å². The summed E-state index contributed by atoms with van der Waals surface area (Å²) in [6, 6.07) is -0.155. The van der Waals surface area contributed by atoms with E-state index in [0.29, 0.717) is 5.92 Å². The van der Waals surface area contributed by atoms with Gasteiger partial charge >= 0.3 is 5.97 Å². The second kappa shape index (κ2) is 6.24. The third kappa shape index (κ3) is 4.52. The Morgan fingerprint density at radius 2 is 1.88 bits per heavy atom. The lowest BCUT2D eigenvalue weighted by atomic mass is 9.75. The molecule has 1 aliphatic carbocycles. The first-order chi connectivity index (χ1) is 7.49. The molecule has 0 saturated heterocycles. The van der Waals surface area contributed by atoms with Crippen LogP contribution in [0.2, 0.25) is 0 Å². The van der Waals surface area contributed by atoms with Gasteiger partial charge in [-0.05, 0) is 37.0 Å². The molecule has 0 aromatic carbocycles. The maximum absolute atomic E-state index is 10.5. The average molecular weight is 227 g/mol. The minimum atomic E-state index is -0.775. The molecule has 1 fully saturated rings. The number of carbonyl (C=O) groups is 1. The Hall–Kier alpha value is -0.570.